The Kier molecular flexibility index (Phi) is 4.18. The molecule has 0 aromatic rings. The molecule has 1 saturated carbocycles. The average Bonchev–Trinajstić information content (AvgIpc) is 2.23. The van der Waals surface area contributed by atoms with Gasteiger partial charge in [-0.05, 0) is 31.6 Å². The number of hydrogen-bond acceptors (Lipinski definition) is 2. The molecule has 1 aliphatic heterocycles. The molecule has 0 unspecified atom stereocenters. The molecule has 2 fully saturated rings. The molecule has 1 saturated heterocycles. The van der Waals surface area contributed by atoms with Crippen LogP contribution in [0.4, 0.5) is 0 Å². The topological polar surface area (TPSA) is 3.24 Å². The van der Waals surface area contributed by atoms with E-state index in [1.165, 1.54) is 58.0 Å². The van der Waals surface area contributed by atoms with Crippen molar-refractivity contribution in [3.63, 3.8) is 0 Å². The molecule has 0 atom stereocenters. The van der Waals surface area contributed by atoms with Crippen LogP contribution in [0, 0.1) is 5.92 Å². The summed E-state index contributed by atoms with van der Waals surface area (Å²) in [7, 11) is 0. The van der Waals surface area contributed by atoms with Gasteiger partial charge in [-0.15, -0.1) is 0 Å². The van der Waals surface area contributed by atoms with E-state index in [0.717, 1.165) is 11.2 Å². The lowest BCUT2D eigenvalue weighted by molar-refractivity contribution is 0.305. The van der Waals surface area contributed by atoms with Gasteiger partial charge in [-0.3, -0.25) is 4.31 Å². The van der Waals surface area contributed by atoms with Gasteiger partial charge in [0.2, 0.25) is 0 Å². The third kappa shape index (κ3) is 3.16. The van der Waals surface area contributed by atoms with Crippen molar-refractivity contribution in [3.8, 4) is 0 Å². The molecule has 2 heteroatoms. The number of hydrogen-bond donors (Lipinski definition) is 0. The van der Waals surface area contributed by atoms with Gasteiger partial charge in [0, 0.05) is 18.3 Å². The van der Waals surface area contributed by atoms with Crippen molar-refractivity contribution < 1.29 is 0 Å². The number of nitrogens with zero attached hydrogens (tertiary/aromatic N) is 1. The van der Waals surface area contributed by atoms with Crippen molar-refractivity contribution in [3.05, 3.63) is 0 Å². The fourth-order valence-electron chi connectivity index (χ4n) is 2.47. The Bertz CT molecular complexity index is 158. The molecular formula is C12H23NS. The molecule has 1 aliphatic carbocycles. The van der Waals surface area contributed by atoms with Crippen LogP contribution in [0.2, 0.25) is 0 Å². The van der Waals surface area contributed by atoms with Crippen LogP contribution in [-0.4, -0.2) is 22.6 Å². The molecule has 2 aliphatic rings. The van der Waals surface area contributed by atoms with E-state index in [1.54, 1.807) is 0 Å². The maximum atomic E-state index is 2.63. The van der Waals surface area contributed by atoms with Crippen molar-refractivity contribution >= 4 is 11.9 Å². The lowest BCUT2D eigenvalue weighted by Crippen LogP contribution is -2.30. The Balaban J connectivity index is 1.68. The van der Waals surface area contributed by atoms with Gasteiger partial charge in [-0.25, -0.2) is 0 Å². The highest BCUT2D eigenvalue weighted by atomic mass is 32.2. The molecule has 82 valence electrons. The summed E-state index contributed by atoms with van der Waals surface area (Å²) in [6, 6.07) is 0. The first-order chi connectivity index (χ1) is 6.84. The lowest BCUT2D eigenvalue weighted by Gasteiger charge is -2.33. The molecule has 0 aromatic carbocycles. The largest absolute Gasteiger partial charge is 0.250 e. The summed E-state index contributed by atoms with van der Waals surface area (Å²) in [5.41, 5.74) is 0. The van der Waals surface area contributed by atoms with Gasteiger partial charge >= 0.3 is 0 Å². The standard InChI is InChI=1S/C12H23NS/c1-11-7-9-13(10-8-11)14-12-5-3-2-4-6-12/h11-12H,2-10H2,1H3. The second-order valence-electron chi connectivity index (χ2n) is 4.98. The van der Waals surface area contributed by atoms with Gasteiger partial charge in [0.1, 0.15) is 0 Å². The van der Waals surface area contributed by atoms with Crippen molar-refractivity contribution in [1.29, 1.82) is 0 Å². The van der Waals surface area contributed by atoms with Gasteiger partial charge < -0.3 is 0 Å². The van der Waals surface area contributed by atoms with Crippen LogP contribution in [0.1, 0.15) is 51.9 Å². The summed E-state index contributed by atoms with van der Waals surface area (Å²) in [5.74, 6) is 0.971. The summed E-state index contributed by atoms with van der Waals surface area (Å²) >= 11 is 2.18. The van der Waals surface area contributed by atoms with Crippen LogP contribution >= 0.6 is 11.9 Å². The maximum Gasteiger partial charge on any atom is 0.0195 e. The highest BCUT2D eigenvalue weighted by Gasteiger charge is 2.21. The third-order valence-corrected chi connectivity index (χ3v) is 5.03. The van der Waals surface area contributed by atoms with E-state index in [-0.39, 0.29) is 0 Å². The number of rotatable bonds is 2. The van der Waals surface area contributed by atoms with Gasteiger partial charge in [0.15, 0.2) is 0 Å². The molecule has 0 bridgehead atoms. The van der Waals surface area contributed by atoms with Crippen LogP contribution < -0.4 is 0 Å². The van der Waals surface area contributed by atoms with Crippen LogP contribution in [-0.2, 0) is 0 Å². The van der Waals surface area contributed by atoms with E-state index in [2.05, 4.69) is 23.2 Å². The Morgan fingerprint density at radius 3 is 2.21 bits per heavy atom. The Morgan fingerprint density at radius 2 is 1.57 bits per heavy atom. The third-order valence-electron chi connectivity index (χ3n) is 3.59. The van der Waals surface area contributed by atoms with E-state index >= 15 is 0 Å². The van der Waals surface area contributed by atoms with Crippen LogP contribution in [0.25, 0.3) is 0 Å². The maximum absolute atomic E-state index is 2.63. The first-order valence-electron chi connectivity index (χ1n) is 6.26. The van der Waals surface area contributed by atoms with Crippen molar-refractivity contribution in [1.82, 2.24) is 4.31 Å². The molecule has 0 amide bonds. The van der Waals surface area contributed by atoms with Gasteiger partial charge in [0.05, 0.1) is 0 Å². The fourth-order valence-corrected chi connectivity index (χ4v) is 3.86. The predicted molar refractivity (Wildman–Crippen MR) is 64.4 cm³/mol. The summed E-state index contributed by atoms with van der Waals surface area (Å²) in [6.45, 7) is 5.06. The highest BCUT2D eigenvalue weighted by molar-refractivity contribution is 7.97. The zero-order valence-corrected chi connectivity index (χ0v) is 10.2. The number of piperidine rings is 1. The Morgan fingerprint density at radius 1 is 0.929 bits per heavy atom. The second kappa shape index (κ2) is 5.41. The normalized spacial score (nSPS) is 28.1. The molecule has 0 N–H and O–H groups in total. The summed E-state index contributed by atoms with van der Waals surface area (Å²) in [5, 5.41) is 0.956. The molecule has 0 spiro atoms. The fraction of sp³-hybridized carbons (Fsp3) is 1.00. The van der Waals surface area contributed by atoms with E-state index in [0.29, 0.717) is 0 Å². The summed E-state index contributed by atoms with van der Waals surface area (Å²) in [4.78, 5) is 0. The molecule has 14 heavy (non-hydrogen) atoms. The first-order valence-corrected chi connectivity index (χ1v) is 7.10. The van der Waals surface area contributed by atoms with E-state index in [1.807, 2.05) is 0 Å². The smallest absolute Gasteiger partial charge is 0.0195 e. The molecular weight excluding hydrogens is 190 g/mol. The SMILES string of the molecule is CC1CCN(SC2CCCCC2)CC1. The predicted octanol–water partition coefficient (Wildman–Crippen LogP) is 3.70. The van der Waals surface area contributed by atoms with Crippen LogP contribution in [0.15, 0.2) is 0 Å². The molecule has 0 aromatic heterocycles. The molecule has 1 nitrogen and oxygen atoms in total. The van der Waals surface area contributed by atoms with Crippen LogP contribution in [0.5, 0.6) is 0 Å². The minimum atomic E-state index is 0.956. The highest BCUT2D eigenvalue weighted by Crippen LogP contribution is 2.32. The van der Waals surface area contributed by atoms with E-state index < -0.39 is 0 Å². The molecule has 1 heterocycles. The first kappa shape index (κ1) is 10.8. The average molecular weight is 213 g/mol. The van der Waals surface area contributed by atoms with E-state index in [9.17, 15) is 0 Å². The van der Waals surface area contributed by atoms with Gasteiger partial charge in [0.25, 0.3) is 0 Å². The molecule has 2 rings (SSSR count). The monoisotopic (exact) mass is 213 g/mol. The second-order valence-corrected chi connectivity index (χ2v) is 6.37. The molecule has 0 radical (unpaired) electrons. The Labute approximate surface area is 92.8 Å². The van der Waals surface area contributed by atoms with Crippen molar-refractivity contribution in [2.24, 2.45) is 5.92 Å². The van der Waals surface area contributed by atoms with Crippen LogP contribution in [0.3, 0.4) is 0 Å². The van der Waals surface area contributed by atoms with Gasteiger partial charge in [-0.2, -0.15) is 0 Å². The minimum absolute atomic E-state index is 0.956. The lowest BCUT2D eigenvalue weighted by atomic mass is 10.0. The zero-order chi connectivity index (χ0) is 9.80. The van der Waals surface area contributed by atoms with Crippen molar-refractivity contribution in [2.45, 2.75) is 57.1 Å². The van der Waals surface area contributed by atoms with Gasteiger partial charge in [-0.1, -0.05) is 38.1 Å². The Hall–Kier alpha value is 0.310. The summed E-state index contributed by atoms with van der Waals surface area (Å²) in [6.07, 6.45) is 10.2. The quantitative estimate of drug-likeness (QED) is 0.643. The van der Waals surface area contributed by atoms with E-state index in [4.69, 9.17) is 0 Å². The summed E-state index contributed by atoms with van der Waals surface area (Å²) < 4.78 is 2.63. The van der Waals surface area contributed by atoms with Crippen molar-refractivity contribution in [2.75, 3.05) is 13.1 Å². The zero-order valence-electron chi connectivity index (χ0n) is 9.37. The minimum Gasteiger partial charge on any atom is -0.250 e.